The molecule has 4 nitrogen and oxygen atoms in total. The molecule has 0 bridgehead atoms. The van der Waals surface area contributed by atoms with Crippen molar-refractivity contribution in [1.29, 1.82) is 0 Å². The van der Waals surface area contributed by atoms with Crippen LogP contribution in [0.25, 0.3) is 0 Å². The zero-order valence-corrected chi connectivity index (χ0v) is 12.4. The Balaban J connectivity index is 3.21. The van der Waals surface area contributed by atoms with E-state index in [0.717, 1.165) is 0 Å². The number of nitro groups is 1. The topological polar surface area (TPSA) is 52.4 Å². The fraction of sp³-hybridized carbons (Fsp3) is 0.300. The Hall–Kier alpha value is -0.507. The summed E-state index contributed by atoms with van der Waals surface area (Å²) >= 11 is -1.98. The van der Waals surface area contributed by atoms with Crippen molar-refractivity contribution in [3.8, 4) is 5.75 Å². The van der Waals surface area contributed by atoms with E-state index in [9.17, 15) is 10.1 Å². The Labute approximate surface area is 112 Å². The predicted molar refractivity (Wildman–Crippen MR) is 65.7 cm³/mol. The molecule has 17 heavy (non-hydrogen) atoms. The number of nitrogens with zero attached hydrogens (tertiary/aromatic N) is 1. The summed E-state index contributed by atoms with van der Waals surface area (Å²) in [6.07, 6.45) is -0.0737. The van der Waals surface area contributed by atoms with Crippen LogP contribution in [0.15, 0.2) is 18.2 Å². The standard InChI is InChI=1S/C10H11NO3.2ClH.Ru/c1-7(2)14-10-6-9(11(12)13)5-4-8(10)3;;;/h3-7H,1-2H3;2*1H;/q;;;+2/p-2. The molecule has 0 atom stereocenters. The van der Waals surface area contributed by atoms with E-state index in [-0.39, 0.29) is 11.8 Å². The van der Waals surface area contributed by atoms with Crippen LogP contribution in [-0.2, 0) is 13.5 Å². The van der Waals surface area contributed by atoms with Gasteiger partial charge in [-0.05, 0) is 0 Å². The van der Waals surface area contributed by atoms with Gasteiger partial charge in [0, 0.05) is 0 Å². The Morgan fingerprint density at radius 3 is 2.59 bits per heavy atom. The summed E-state index contributed by atoms with van der Waals surface area (Å²) < 4.78 is 7.21. The number of halogens is 2. The zero-order valence-electron chi connectivity index (χ0n) is 9.17. The maximum absolute atomic E-state index is 10.7. The molecule has 0 spiro atoms. The van der Waals surface area contributed by atoms with Crippen molar-refractivity contribution in [1.82, 2.24) is 0 Å². The van der Waals surface area contributed by atoms with Gasteiger partial charge in [0.15, 0.2) is 0 Å². The summed E-state index contributed by atoms with van der Waals surface area (Å²) in [7, 11) is 11.6. The van der Waals surface area contributed by atoms with Crippen LogP contribution >= 0.6 is 19.4 Å². The number of non-ortho nitro benzene ring substituents is 1. The molecule has 0 aromatic heterocycles. The van der Waals surface area contributed by atoms with E-state index in [4.69, 9.17) is 24.1 Å². The molecule has 0 saturated carbocycles. The van der Waals surface area contributed by atoms with Gasteiger partial charge in [-0.1, -0.05) is 0 Å². The maximum atomic E-state index is 10.7. The van der Waals surface area contributed by atoms with Crippen LogP contribution in [-0.4, -0.2) is 15.6 Å². The minimum atomic E-state index is -1.98. The zero-order chi connectivity index (χ0) is 13.0. The van der Waals surface area contributed by atoms with E-state index in [0.29, 0.717) is 11.3 Å². The number of hydrogen-bond donors (Lipinski definition) is 0. The molecule has 0 unspecified atom stereocenters. The molecule has 1 aromatic rings. The van der Waals surface area contributed by atoms with Crippen molar-refractivity contribution in [2.75, 3.05) is 0 Å². The van der Waals surface area contributed by atoms with Crippen molar-refractivity contribution in [2.45, 2.75) is 20.0 Å². The van der Waals surface area contributed by atoms with Crippen molar-refractivity contribution in [3.05, 3.63) is 33.9 Å². The molecule has 0 N–H and O–H groups in total. The summed E-state index contributed by atoms with van der Waals surface area (Å²) in [4.78, 5) is 10.2. The van der Waals surface area contributed by atoms with E-state index in [2.05, 4.69) is 0 Å². The molecule has 0 saturated heterocycles. The normalized spacial score (nSPS) is 11.2. The first-order chi connectivity index (χ1) is 7.90. The Morgan fingerprint density at radius 1 is 1.47 bits per heavy atom. The molecular formula is C10H11Cl2NO3Ru. The van der Waals surface area contributed by atoms with Gasteiger partial charge in [-0.3, -0.25) is 0 Å². The molecule has 96 valence electrons. The molecule has 0 aliphatic carbocycles. The van der Waals surface area contributed by atoms with Crippen LogP contribution in [0.2, 0.25) is 0 Å². The van der Waals surface area contributed by atoms with Crippen LogP contribution in [0.3, 0.4) is 0 Å². The Kier molecular flexibility index (Phi) is 5.51. The van der Waals surface area contributed by atoms with Crippen LogP contribution in [0, 0.1) is 10.1 Å². The second kappa shape index (κ2) is 6.43. The fourth-order valence-corrected chi connectivity index (χ4v) is 2.97. The van der Waals surface area contributed by atoms with Crippen molar-refractivity contribution < 1.29 is 23.2 Å². The number of nitro benzene ring substituents is 1. The van der Waals surface area contributed by atoms with Gasteiger partial charge in [0.05, 0.1) is 0 Å². The van der Waals surface area contributed by atoms with Gasteiger partial charge >= 0.3 is 112 Å². The van der Waals surface area contributed by atoms with E-state index in [1.165, 1.54) is 12.1 Å². The number of ether oxygens (including phenoxy) is 1. The first kappa shape index (κ1) is 14.6. The van der Waals surface area contributed by atoms with Gasteiger partial charge in [-0.15, -0.1) is 0 Å². The van der Waals surface area contributed by atoms with Crippen molar-refractivity contribution >= 4 is 29.7 Å². The molecule has 0 radical (unpaired) electrons. The second-order valence-corrected chi connectivity index (χ2v) is 9.18. The fourth-order valence-electron chi connectivity index (χ4n) is 1.16. The van der Waals surface area contributed by atoms with Gasteiger partial charge in [-0.2, -0.15) is 0 Å². The molecular weight excluding hydrogens is 354 g/mol. The van der Waals surface area contributed by atoms with E-state index < -0.39 is 18.4 Å². The van der Waals surface area contributed by atoms with Gasteiger partial charge in [0.2, 0.25) is 0 Å². The third kappa shape index (κ3) is 4.70. The molecule has 0 aliphatic rings. The predicted octanol–water partition coefficient (Wildman–Crippen LogP) is 3.46. The Bertz CT molecular complexity index is 459. The monoisotopic (exact) mass is 365 g/mol. The van der Waals surface area contributed by atoms with Crippen molar-refractivity contribution in [3.63, 3.8) is 0 Å². The van der Waals surface area contributed by atoms with Gasteiger partial charge in [0.1, 0.15) is 0 Å². The van der Waals surface area contributed by atoms with Gasteiger partial charge in [0.25, 0.3) is 0 Å². The van der Waals surface area contributed by atoms with Crippen LogP contribution in [0.1, 0.15) is 19.4 Å². The molecule has 0 amide bonds. The second-order valence-electron chi connectivity index (χ2n) is 3.45. The first-order valence-corrected chi connectivity index (χ1v) is 10.2. The van der Waals surface area contributed by atoms with Gasteiger partial charge in [-0.25, -0.2) is 0 Å². The van der Waals surface area contributed by atoms with Crippen LogP contribution < -0.4 is 4.74 Å². The van der Waals surface area contributed by atoms with Crippen LogP contribution in [0.4, 0.5) is 5.69 Å². The quantitative estimate of drug-likeness (QED) is 0.467. The Morgan fingerprint density at radius 2 is 2.12 bits per heavy atom. The molecule has 0 aliphatic heterocycles. The summed E-state index contributed by atoms with van der Waals surface area (Å²) in [6.45, 7) is 3.69. The third-order valence-electron chi connectivity index (χ3n) is 1.76. The molecule has 0 fully saturated rings. The molecule has 7 heteroatoms. The van der Waals surface area contributed by atoms with Gasteiger partial charge < -0.3 is 0 Å². The summed E-state index contributed by atoms with van der Waals surface area (Å²) in [6, 6.07) is 4.39. The van der Waals surface area contributed by atoms with Crippen molar-refractivity contribution in [2.24, 2.45) is 0 Å². The number of hydrogen-bond acceptors (Lipinski definition) is 3. The van der Waals surface area contributed by atoms with Crippen LogP contribution in [0.5, 0.6) is 5.75 Å². The number of rotatable bonds is 4. The first-order valence-electron chi connectivity index (χ1n) is 4.68. The molecule has 1 aromatic carbocycles. The minimum absolute atomic E-state index is 0.0132. The summed E-state index contributed by atoms with van der Waals surface area (Å²) in [5.41, 5.74) is 0.689. The number of benzene rings is 1. The summed E-state index contributed by atoms with van der Waals surface area (Å²) in [5.74, 6) is 0.439. The average molecular weight is 365 g/mol. The molecule has 0 heterocycles. The third-order valence-corrected chi connectivity index (χ3v) is 3.59. The van der Waals surface area contributed by atoms with E-state index >= 15 is 0 Å². The average Bonchev–Trinajstić information content (AvgIpc) is 2.18. The summed E-state index contributed by atoms with van der Waals surface area (Å²) in [5, 5.41) is 10.7. The van der Waals surface area contributed by atoms with E-state index in [1.54, 1.807) is 10.7 Å². The molecule has 1 rings (SSSR count). The van der Waals surface area contributed by atoms with E-state index in [1.807, 2.05) is 13.8 Å². The SMILES string of the molecule is CC(C)Oc1cc([N+](=O)[O-])ccc1[CH]=[Ru]([Cl])[Cl].